The lowest BCUT2D eigenvalue weighted by Gasteiger charge is -2.25. The van der Waals surface area contributed by atoms with Crippen molar-refractivity contribution in [2.24, 2.45) is 0 Å². The number of hydrogen-bond donors (Lipinski definition) is 1. The Morgan fingerprint density at radius 3 is 2.81 bits per heavy atom. The summed E-state index contributed by atoms with van der Waals surface area (Å²) >= 11 is 0. The summed E-state index contributed by atoms with van der Waals surface area (Å²) < 4.78 is 5.44. The van der Waals surface area contributed by atoms with Crippen LogP contribution in [0.1, 0.15) is 43.6 Å². The third-order valence-electron chi connectivity index (χ3n) is 3.95. The van der Waals surface area contributed by atoms with E-state index in [1.54, 1.807) is 0 Å². The number of aliphatic hydroxyl groups is 1. The third kappa shape index (κ3) is 3.14. The van der Waals surface area contributed by atoms with Crippen molar-refractivity contribution in [1.82, 2.24) is 15.0 Å². The van der Waals surface area contributed by atoms with Crippen molar-refractivity contribution in [2.75, 3.05) is 6.54 Å². The number of hydrogen-bond acceptors (Lipinski definition) is 5. The van der Waals surface area contributed by atoms with E-state index in [9.17, 15) is 5.11 Å². The van der Waals surface area contributed by atoms with Crippen molar-refractivity contribution < 1.29 is 9.63 Å². The summed E-state index contributed by atoms with van der Waals surface area (Å²) in [5.41, 5.74) is 1.16. The number of aromatic nitrogens is 2. The first-order valence-electron chi connectivity index (χ1n) is 7.43. The quantitative estimate of drug-likeness (QED) is 0.934. The molecule has 2 atom stereocenters. The van der Waals surface area contributed by atoms with Crippen LogP contribution in [-0.2, 0) is 6.42 Å². The smallest absolute Gasteiger partial charge is 0.244 e. The van der Waals surface area contributed by atoms with E-state index in [1.807, 2.05) is 18.2 Å². The van der Waals surface area contributed by atoms with Gasteiger partial charge in [0.1, 0.15) is 0 Å². The second-order valence-corrected chi connectivity index (χ2v) is 5.91. The van der Waals surface area contributed by atoms with E-state index in [-0.39, 0.29) is 12.1 Å². The Morgan fingerprint density at radius 1 is 1.33 bits per heavy atom. The average Bonchev–Trinajstić information content (AvgIpc) is 3.06. The number of nitrogens with zero attached hydrogens (tertiary/aromatic N) is 3. The van der Waals surface area contributed by atoms with E-state index in [0.29, 0.717) is 37.1 Å². The molecule has 1 aliphatic rings. The molecule has 0 radical (unpaired) electrons. The first-order valence-corrected chi connectivity index (χ1v) is 7.43. The zero-order valence-electron chi connectivity index (χ0n) is 12.4. The molecule has 21 heavy (non-hydrogen) atoms. The Kier molecular flexibility index (Phi) is 4.03. The van der Waals surface area contributed by atoms with Gasteiger partial charge in [0.2, 0.25) is 5.89 Å². The molecular weight excluding hydrogens is 266 g/mol. The Balaban J connectivity index is 1.75. The Hall–Kier alpha value is -1.72. The van der Waals surface area contributed by atoms with Crippen molar-refractivity contribution in [1.29, 1.82) is 0 Å². The molecule has 1 fully saturated rings. The molecule has 1 aliphatic heterocycles. The van der Waals surface area contributed by atoms with E-state index >= 15 is 0 Å². The lowest BCUT2D eigenvalue weighted by atomic mass is 10.1. The lowest BCUT2D eigenvalue weighted by molar-refractivity contribution is 0.150. The fourth-order valence-corrected chi connectivity index (χ4v) is 2.90. The SMILES string of the molecule is CC(C)N1C[C@H](O)C[C@H]1c1nc(Cc2ccccc2)no1. The molecule has 2 heterocycles. The first kappa shape index (κ1) is 14.2. The lowest BCUT2D eigenvalue weighted by Crippen LogP contribution is -2.31. The molecule has 1 N–H and O–H groups in total. The summed E-state index contributed by atoms with van der Waals surface area (Å²) in [5, 5.41) is 14.0. The summed E-state index contributed by atoms with van der Waals surface area (Å²) in [7, 11) is 0. The highest BCUT2D eigenvalue weighted by Crippen LogP contribution is 2.32. The van der Waals surface area contributed by atoms with Gasteiger partial charge in [-0.3, -0.25) is 4.90 Å². The molecule has 1 aromatic carbocycles. The molecular formula is C16H21N3O2. The van der Waals surface area contributed by atoms with Crippen LogP contribution in [0.5, 0.6) is 0 Å². The summed E-state index contributed by atoms with van der Waals surface area (Å²) in [6.07, 6.45) is 1.01. The minimum atomic E-state index is -0.318. The van der Waals surface area contributed by atoms with Gasteiger partial charge in [0.25, 0.3) is 0 Å². The maximum absolute atomic E-state index is 9.89. The Labute approximate surface area is 124 Å². The van der Waals surface area contributed by atoms with Crippen LogP contribution in [-0.4, -0.2) is 38.8 Å². The molecule has 1 aromatic heterocycles. The average molecular weight is 287 g/mol. The van der Waals surface area contributed by atoms with Gasteiger partial charge in [-0.05, 0) is 25.8 Å². The van der Waals surface area contributed by atoms with Gasteiger partial charge in [-0.15, -0.1) is 0 Å². The summed E-state index contributed by atoms with van der Waals surface area (Å²) in [6.45, 7) is 4.90. The van der Waals surface area contributed by atoms with Crippen molar-refractivity contribution >= 4 is 0 Å². The molecule has 0 spiro atoms. The maximum Gasteiger partial charge on any atom is 0.244 e. The fourth-order valence-electron chi connectivity index (χ4n) is 2.90. The van der Waals surface area contributed by atoms with Crippen LogP contribution < -0.4 is 0 Å². The molecule has 3 rings (SSSR count). The molecule has 0 amide bonds. The van der Waals surface area contributed by atoms with Crippen molar-refractivity contribution in [2.45, 2.75) is 44.9 Å². The molecule has 5 nitrogen and oxygen atoms in total. The number of benzene rings is 1. The molecule has 0 aliphatic carbocycles. The van der Waals surface area contributed by atoms with Crippen LogP contribution in [0, 0.1) is 0 Å². The summed E-state index contributed by atoms with van der Waals surface area (Å²) in [6, 6.07) is 10.5. The summed E-state index contributed by atoms with van der Waals surface area (Å²) in [4.78, 5) is 6.74. The largest absolute Gasteiger partial charge is 0.392 e. The molecule has 1 saturated heterocycles. The molecule has 2 aromatic rings. The highest BCUT2D eigenvalue weighted by molar-refractivity contribution is 5.18. The van der Waals surface area contributed by atoms with Crippen LogP contribution in [0.2, 0.25) is 0 Å². The number of aliphatic hydroxyl groups excluding tert-OH is 1. The number of rotatable bonds is 4. The van der Waals surface area contributed by atoms with Gasteiger partial charge in [0.05, 0.1) is 12.1 Å². The van der Waals surface area contributed by atoms with Gasteiger partial charge in [-0.2, -0.15) is 4.98 Å². The van der Waals surface area contributed by atoms with Gasteiger partial charge in [-0.1, -0.05) is 35.5 Å². The topological polar surface area (TPSA) is 62.4 Å². The van der Waals surface area contributed by atoms with Gasteiger partial charge in [0, 0.05) is 19.0 Å². The zero-order valence-corrected chi connectivity index (χ0v) is 12.4. The van der Waals surface area contributed by atoms with Crippen molar-refractivity contribution in [3.8, 4) is 0 Å². The predicted molar refractivity (Wildman–Crippen MR) is 78.8 cm³/mol. The molecule has 0 saturated carbocycles. The Bertz CT molecular complexity index is 582. The molecule has 112 valence electrons. The van der Waals surface area contributed by atoms with Crippen LogP contribution in [0.3, 0.4) is 0 Å². The second-order valence-electron chi connectivity index (χ2n) is 5.91. The van der Waals surface area contributed by atoms with Crippen LogP contribution in [0.4, 0.5) is 0 Å². The predicted octanol–water partition coefficient (Wildman–Crippen LogP) is 2.18. The van der Waals surface area contributed by atoms with E-state index in [0.717, 1.165) is 5.56 Å². The van der Waals surface area contributed by atoms with E-state index in [2.05, 4.69) is 41.0 Å². The van der Waals surface area contributed by atoms with Gasteiger partial charge < -0.3 is 9.63 Å². The first-order chi connectivity index (χ1) is 10.1. The standard InChI is InChI=1S/C16H21N3O2/c1-11(2)19-10-13(20)9-14(19)16-17-15(18-21-16)8-12-6-4-3-5-7-12/h3-7,11,13-14,20H,8-10H2,1-2H3/t13-,14+/m1/s1. The van der Waals surface area contributed by atoms with Crippen molar-refractivity contribution in [3.63, 3.8) is 0 Å². The molecule has 0 unspecified atom stereocenters. The number of likely N-dealkylation sites (tertiary alicyclic amines) is 1. The number of β-amino-alcohol motifs (C(OH)–C–C–N with tert-alkyl or cyclic N) is 1. The van der Waals surface area contributed by atoms with Gasteiger partial charge in [0.15, 0.2) is 5.82 Å². The fraction of sp³-hybridized carbons (Fsp3) is 0.500. The highest BCUT2D eigenvalue weighted by Gasteiger charge is 2.37. The van der Waals surface area contributed by atoms with E-state index in [1.165, 1.54) is 0 Å². The third-order valence-corrected chi connectivity index (χ3v) is 3.95. The molecule has 5 heteroatoms. The van der Waals surface area contributed by atoms with Crippen LogP contribution >= 0.6 is 0 Å². The monoisotopic (exact) mass is 287 g/mol. The zero-order chi connectivity index (χ0) is 14.8. The van der Waals surface area contributed by atoms with Crippen LogP contribution in [0.25, 0.3) is 0 Å². The van der Waals surface area contributed by atoms with E-state index < -0.39 is 0 Å². The summed E-state index contributed by atoms with van der Waals surface area (Å²) in [5.74, 6) is 1.31. The van der Waals surface area contributed by atoms with Gasteiger partial charge >= 0.3 is 0 Å². The maximum atomic E-state index is 9.89. The van der Waals surface area contributed by atoms with Crippen LogP contribution in [0.15, 0.2) is 34.9 Å². The minimum absolute atomic E-state index is 0.0250. The normalized spacial score (nSPS) is 23.0. The van der Waals surface area contributed by atoms with Crippen molar-refractivity contribution in [3.05, 3.63) is 47.6 Å². The van der Waals surface area contributed by atoms with E-state index in [4.69, 9.17) is 4.52 Å². The molecule has 0 bridgehead atoms. The minimum Gasteiger partial charge on any atom is -0.392 e. The second kappa shape index (κ2) is 5.95. The Morgan fingerprint density at radius 2 is 2.10 bits per heavy atom. The van der Waals surface area contributed by atoms with Gasteiger partial charge in [-0.25, -0.2) is 0 Å². The highest BCUT2D eigenvalue weighted by atomic mass is 16.5.